The third-order valence-electron chi connectivity index (χ3n) is 4.07. The molecule has 0 saturated carbocycles. The molecule has 0 aromatic rings. The van der Waals surface area contributed by atoms with Crippen LogP contribution in [0.2, 0.25) is 0 Å². The summed E-state index contributed by atoms with van der Waals surface area (Å²) in [5.41, 5.74) is 0. The largest absolute Gasteiger partial charge is 0.342 e. The molecule has 5 nitrogen and oxygen atoms in total. The van der Waals surface area contributed by atoms with Gasteiger partial charge >= 0.3 is 0 Å². The van der Waals surface area contributed by atoms with Crippen LogP contribution < -0.4 is 5.32 Å². The van der Waals surface area contributed by atoms with Gasteiger partial charge in [0.2, 0.25) is 5.91 Å². The molecule has 0 aliphatic carbocycles. The number of sulfone groups is 1. The fourth-order valence-corrected chi connectivity index (χ4v) is 4.26. The van der Waals surface area contributed by atoms with Crippen LogP contribution in [-0.4, -0.2) is 56.9 Å². The number of nitrogens with zero attached hydrogens (tertiary/aromatic N) is 1. The molecule has 0 aromatic heterocycles. The molecule has 0 radical (unpaired) electrons. The monoisotopic (exact) mass is 274 g/mol. The van der Waals surface area contributed by atoms with E-state index in [-0.39, 0.29) is 29.4 Å². The molecule has 1 N–H and O–H groups in total. The second-order valence-electron chi connectivity index (χ2n) is 5.38. The highest BCUT2D eigenvalue weighted by atomic mass is 32.2. The Morgan fingerprint density at radius 1 is 1.22 bits per heavy atom. The molecule has 6 heteroatoms. The van der Waals surface area contributed by atoms with Crippen LogP contribution in [-0.2, 0) is 14.6 Å². The summed E-state index contributed by atoms with van der Waals surface area (Å²) < 4.78 is 22.8. The van der Waals surface area contributed by atoms with E-state index in [9.17, 15) is 13.2 Å². The predicted octanol–water partition coefficient (Wildman–Crippen LogP) is 0.0216. The number of carbonyl (C=O) groups is 1. The van der Waals surface area contributed by atoms with Crippen molar-refractivity contribution in [2.24, 2.45) is 5.92 Å². The Morgan fingerprint density at radius 2 is 1.89 bits per heavy atom. The average Bonchev–Trinajstić information content (AvgIpc) is 2.38. The number of hydrogen-bond donors (Lipinski definition) is 1. The molecule has 0 unspecified atom stereocenters. The Balaban J connectivity index is 1.90. The van der Waals surface area contributed by atoms with Crippen molar-refractivity contribution in [3.63, 3.8) is 0 Å². The molecular weight excluding hydrogens is 252 g/mol. The summed E-state index contributed by atoms with van der Waals surface area (Å²) in [7, 11) is -1.03. The molecule has 0 aromatic carbocycles. The highest BCUT2D eigenvalue weighted by Crippen LogP contribution is 2.20. The van der Waals surface area contributed by atoms with E-state index >= 15 is 0 Å². The summed E-state index contributed by atoms with van der Waals surface area (Å²) >= 11 is 0. The van der Waals surface area contributed by atoms with Crippen molar-refractivity contribution in [1.82, 2.24) is 10.2 Å². The number of piperidine rings is 1. The Labute approximate surface area is 109 Å². The molecule has 104 valence electrons. The van der Waals surface area contributed by atoms with E-state index in [0.29, 0.717) is 12.8 Å². The number of nitrogens with one attached hydrogen (secondary N) is 1. The lowest BCUT2D eigenvalue weighted by Crippen LogP contribution is -2.47. The van der Waals surface area contributed by atoms with Crippen LogP contribution in [0.1, 0.15) is 25.7 Å². The third kappa shape index (κ3) is 3.23. The van der Waals surface area contributed by atoms with Crippen molar-refractivity contribution >= 4 is 15.7 Å². The van der Waals surface area contributed by atoms with Gasteiger partial charge in [0, 0.05) is 19.6 Å². The maximum atomic E-state index is 12.3. The van der Waals surface area contributed by atoms with Gasteiger partial charge in [-0.05, 0) is 32.2 Å². The Morgan fingerprint density at radius 3 is 2.44 bits per heavy atom. The van der Waals surface area contributed by atoms with Crippen molar-refractivity contribution in [3.05, 3.63) is 0 Å². The second kappa shape index (κ2) is 5.57. The van der Waals surface area contributed by atoms with E-state index in [1.54, 1.807) is 4.90 Å². The molecular formula is C12H22N2O3S. The summed E-state index contributed by atoms with van der Waals surface area (Å²) in [4.78, 5) is 14.1. The number of hydrogen-bond acceptors (Lipinski definition) is 4. The first-order valence-corrected chi connectivity index (χ1v) is 8.49. The minimum atomic E-state index is -2.85. The normalized spacial score (nSPS) is 28.8. The van der Waals surface area contributed by atoms with E-state index in [2.05, 4.69) is 5.32 Å². The van der Waals surface area contributed by atoms with E-state index in [1.807, 2.05) is 7.05 Å². The van der Waals surface area contributed by atoms with Gasteiger partial charge in [0.1, 0.15) is 9.84 Å². The molecule has 2 heterocycles. The van der Waals surface area contributed by atoms with Crippen LogP contribution in [0.5, 0.6) is 0 Å². The lowest BCUT2D eigenvalue weighted by atomic mass is 9.97. The average molecular weight is 274 g/mol. The van der Waals surface area contributed by atoms with Crippen LogP contribution in [0.25, 0.3) is 0 Å². The van der Waals surface area contributed by atoms with Gasteiger partial charge in [-0.2, -0.15) is 0 Å². The highest BCUT2D eigenvalue weighted by molar-refractivity contribution is 7.91. The van der Waals surface area contributed by atoms with Crippen LogP contribution in [0.4, 0.5) is 0 Å². The van der Waals surface area contributed by atoms with E-state index in [4.69, 9.17) is 0 Å². The SMILES string of the molecule is CN(C(=O)[C@H]1CCCNC1)C1CCS(=O)(=O)CC1. The van der Waals surface area contributed by atoms with Crippen molar-refractivity contribution < 1.29 is 13.2 Å². The lowest BCUT2D eigenvalue weighted by Gasteiger charge is -2.34. The molecule has 2 saturated heterocycles. The summed E-state index contributed by atoms with van der Waals surface area (Å²) in [6.45, 7) is 1.75. The number of rotatable bonds is 2. The molecule has 2 aliphatic rings. The van der Waals surface area contributed by atoms with Gasteiger partial charge < -0.3 is 10.2 Å². The van der Waals surface area contributed by atoms with Gasteiger partial charge in [-0.1, -0.05) is 0 Å². The van der Waals surface area contributed by atoms with Crippen molar-refractivity contribution in [3.8, 4) is 0 Å². The fourth-order valence-electron chi connectivity index (χ4n) is 2.80. The molecule has 0 bridgehead atoms. The standard InChI is InChI=1S/C12H22N2O3S/c1-14(11-4-7-18(16,17)8-5-11)12(15)10-3-2-6-13-9-10/h10-11,13H,2-9H2,1H3/t10-/m0/s1. The van der Waals surface area contributed by atoms with Crippen LogP contribution in [0.3, 0.4) is 0 Å². The Hall–Kier alpha value is -0.620. The number of amides is 1. The van der Waals surface area contributed by atoms with Gasteiger partial charge in [0.25, 0.3) is 0 Å². The zero-order chi connectivity index (χ0) is 13.2. The Kier molecular flexibility index (Phi) is 4.27. The topological polar surface area (TPSA) is 66.5 Å². The maximum Gasteiger partial charge on any atom is 0.226 e. The molecule has 1 amide bonds. The second-order valence-corrected chi connectivity index (χ2v) is 7.68. The number of carbonyl (C=O) groups excluding carboxylic acids is 1. The smallest absolute Gasteiger partial charge is 0.226 e. The van der Waals surface area contributed by atoms with Crippen LogP contribution in [0, 0.1) is 5.92 Å². The minimum Gasteiger partial charge on any atom is -0.342 e. The third-order valence-corrected chi connectivity index (χ3v) is 5.78. The van der Waals surface area contributed by atoms with Crippen molar-refractivity contribution in [2.45, 2.75) is 31.7 Å². The van der Waals surface area contributed by atoms with E-state index in [1.165, 1.54) is 0 Å². The maximum absolute atomic E-state index is 12.3. The molecule has 2 aliphatic heterocycles. The van der Waals surface area contributed by atoms with E-state index < -0.39 is 9.84 Å². The molecule has 1 atom stereocenters. The fraction of sp³-hybridized carbons (Fsp3) is 0.917. The zero-order valence-corrected chi connectivity index (χ0v) is 11.7. The van der Waals surface area contributed by atoms with Crippen LogP contribution >= 0.6 is 0 Å². The molecule has 2 fully saturated rings. The zero-order valence-electron chi connectivity index (χ0n) is 10.9. The molecule has 2 rings (SSSR count). The van der Waals surface area contributed by atoms with Gasteiger partial charge in [-0.15, -0.1) is 0 Å². The van der Waals surface area contributed by atoms with Gasteiger partial charge in [-0.3, -0.25) is 4.79 Å². The molecule has 18 heavy (non-hydrogen) atoms. The summed E-state index contributed by atoms with van der Waals surface area (Å²) in [5.74, 6) is 0.685. The first kappa shape index (κ1) is 13.8. The van der Waals surface area contributed by atoms with Gasteiger partial charge in [0.15, 0.2) is 0 Å². The van der Waals surface area contributed by atoms with Crippen LogP contribution in [0.15, 0.2) is 0 Å². The van der Waals surface area contributed by atoms with Gasteiger partial charge in [0.05, 0.1) is 17.4 Å². The highest BCUT2D eigenvalue weighted by Gasteiger charge is 2.31. The van der Waals surface area contributed by atoms with Gasteiger partial charge in [-0.25, -0.2) is 8.42 Å². The molecule has 0 spiro atoms. The summed E-state index contributed by atoms with van der Waals surface area (Å²) in [6.07, 6.45) is 3.17. The van der Waals surface area contributed by atoms with E-state index in [0.717, 1.165) is 25.9 Å². The Bertz CT molecular complexity index is 388. The summed E-state index contributed by atoms with van der Waals surface area (Å²) in [5, 5.41) is 3.24. The first-order chi connectivity index (χ1) is 8.49. The van der Waals surface area contributed by atoms with Crippen molar-refractivity contribution in [1.29, 1.82) is 0 Å². The predicted molar refractivity (Wildman–Crippen MR) is 70.0 cm³/mol. The quantitative estimate of drug-likeness (QED) is 0.771. The lowest BCUT2D eigenvalue weighted by molar-refractivity contribution is -0.137. The minimum absolute atomic E-state index is 0.0716. The van der Waals surface area contributed by atoms with Crippen molar-refractivity contribution in [2.75, 3.05) is 31.6 Å². The first-order valence-electron chi connectivity index (χ1n) is 6.67. The summed E-state index contributed by atoms with van der Waals surface area (Å²) in [6, 6.07) is 0.1000.